The van der Waals surface area contributed by atoms with Crippen molar-refractivity contribution in [3.8, 4) is 0 Å². The van der Waals surface area contributed by atoms with E-state index in [-0.39, 0.29) is 0 Å². The van der Waals surface area contributed by atoms with E-state index in [4.69, 9.17) is 16.6 Å². The molecular weight excluding hydrogens is 300 g/mol. The van der Waals surface area contributed by atoms with Gasteiger partial charge in [0, 0.05) is 12.2 Å². The van der Waals surface area contributed by atoms with E-state index in [0.29, 0.717) is 5.05 Å². The fourth-order valence-electron chi connectivity index (χ4n) is 2.04. The van der Waals surface area contributed by atoms with E-state index in [0.717, 1.165) is 12.2 Å². The number of pyridine rings is 1. The summed E-state index contributed by atoms with van der Waals surface area (Å²) < 4.78 is 8.27. The molecule has 0 spiro atoms. The smallest absolute Gasteiger partial charge is 0.243 e. The lowest BCUT2D eigenvalue weighted by atomic mass is 10.3. The highest BCUT2D eigenvalue weighted by atomic mass is 32.1. The first kappa shape index (κ1) is 17.3. The predicted molar refractivity (Wildman–Crippen MR) is 96.7 cm³/mol. The normalized spacial score (nSPS) is 12.2. The molecule has 0 aliphatic heterocycles. The standard InChI is InChI=1S/C14H26N2OSSi2/c1-8-16(19(2,3)4)12-9-10-13(15-11-12)14(18)17-20(5,6)7/h9-11H,8H2,1-7H3. The summed E-state index contributed by atoms with van der Waals surface area (Å²) in [5.74, 6) is 0. The molecular formula is C14H26N2OSSi2. The first-order valence-electron chi connectivity index (χ1n) is 7.01. The Balaban J connectivity index is 2.91. The molecule has 1 heterocycles. The maximum absolute atomic E-state index is 5.82. The molecule has 1 rings (SSSR count). The first-order valence-corrected chi connectivity index (χ1v) is 14.3. The highest BCUT2D eigenvalue weighted by Crippen LogP contribution is 2.21. The van der Waals surface area contributed by atoms with E-state index in [1.54, 1.807) is 0 Å². The summed E-state index contributed by atoms with van der Waals surface area (Å²) in [4.78, 5) is 4.48. The fraction of sp³-hybridized carbons (Fsp3) is 0.571. The average molecular weight is 327 g/mol. The van der Waals surface area contributed by atoms with Crippen LogP contribution in [-0.4, -0.2) is 33.1 Å². The molecule has 112 valence electrons. The number of thiocarbonyl (C=S) groups is 1. The zero-order chi connectivity index (χ0) is 15.6. The molecule has 1 aromatic rings. The largest absolute Gasteiger partial charge is 0.535 e. The molecule has 0 atom stereocenters. The summed E-state index contributed by atoms with van der Waals surface area (Å²) in [6, 6.07) is 4.07. The van der Waals surface area contributed by atoms with Crippen LogP contribution >= 0.6 is 12.2 Å². The van der Waals surface area contributed by atoms with Crippen LogP contribution in [0, 0.1) is 0 Å². The molecule has 0 unspecified atom stereocenters. The summed E-state index contributed by atoms with van der Waals surface area (Å²) >= 11 is 5.32. The second kappa shape index (κ2) is 6.36. The van der Waals surface area contributed by atoms with E-state index in [1.165, 1.54) is 5.69 Å². The Morgan fingerprint density at radius 2 is 1.80 bits per heavy atom. The predicted octanol–water partition coefficient (Wildman–Crippen LogP) is 4.27. The second-order valence-corrected chi connectivity index (χ2v) is 16.5. The zero-order valence-electron chi connectivity index (χ0n) is 13.7. The summed E-state index contributed by atoms with van der Waals surface area (Å²) in [6.07, 6.45) is 1.91. The number of nitrogens with zero attached hydrogens (tertiary/aromatic N) is 2. The molecule has 0 aromatic carbocycles. The van der Waals surface area contributed by atoms with Gasteiger partial charge in [-0.1, -0.05) is 19.6 Å². The fourth-order valence-corrected chi connectivity index (χ4v) is 5.43. The Morgan fingerprint density at radius 3 is 2.15 bits per heavy atom. The van der Waals surface area contributed by atoms with E-state index in [2.05, 4.69) is 61.8 Å². The van der Waals surface area contributed by atoms with Crippen LogP contribution in [0.5, 0.6) is 0 Å². The lowest BCUT2D eigenvalue weighted by Gasteiger charge is -2.35. The monoisotopic (exact) mass is 326 g/mol. The van der Waals surface area contributed by atoms with Crippen molar-refractivity contribution in [1.82, 2.24) is 4.98 Å². The van der Waals surface area contributed by atoms with Crippen LogP contribution in [0.3, 0.4) is 0 Å². The van der Waals surface area contributed by atoms with Crippen LogP contribution in [-0.2, 0) is 4.43 Å². The highest BCUT2D eigenvalue weighted by Gasteiger charge is 2.23. The first-order chi connectivity index (χ1) is 9.04. The molecule has 1 aromatic heterocycles. The average Bonchev–Trinajstić information content (AvgIpc) is 2.26. The van der Waals surface area contributed by atoms with E-state index in [1.807, 2.05) is 12.3 Å². The van der Waals surface area contributed by atoms with Crippen molar-refractivity contribution in [3.63, 3.8) is 0 Å². The lowest BCUT2D eigenvalue weighted by molar-refractivity contribution is 0.566. The second-order valence-electron chi connectivity index (χ2n) is 6.82. The maximum Gasteiger partial charge on any atom is 0.243 e. The molecule has 0 aliphatic carbocycles. The van der Waals surface area contributed by atoms with Crippen LogP contribution in [0.4, 0.5) is 5.69 Å². The third-order valence-electron chi connectivity index (χ3n) is 2.79. The van der Waals surface area contributed by atoms with Gasteiger partial charge in [-0.3, -0.25) is 0 Å². The Morgan fingerprint density at radius 1 is 1.20 bits per heavy atom. The van der Waals surface area contributed by atoms with E-state index >= 15 is 0 Å². The summed E-state index contributed by atoms with van der Waals surface area (Å²) in [5.41, 5.74) is 1.93. The van der Waals surface area contributed by atoms with Gasteiger partial charge in [0.05, 0.1) is 6.20 Å². The van der Waals surface area contributed by atoms with Crippen molar-refractivity contribution in [1.29, 1.82) is 0 Å². The molecule has 6 heteroatoms. The minimum Gasteiger partial charge on any atom is -0.535 e. The van der Waals surface area contributed by atoms with Gasteiger partial charge in [-0.2, -0.15) is 0 Å². The molecule has 0 radical (unpaired) electrons. The van der Waals surface area contributed by atoms with Crippen molar-refractivity contribution in [2.75, 3.05) is 11.1 Å². The van der Waals surface area contributed by atoms with Crippen molar-refractivity contribution in [2.24, 2.45) is 0 Å². The summed E-state index contributed by atoms with van der Waals surface area (Å²) in [5, 5.41) is 0.520. The van der Waals surface area contributed by atoms with Gasteiger partial charge in [0.15, 0.2) is 5.05 Å². The highest BCUT2D eigenvalue weighted by molar-refractivity contribution is 7.80. The minimum absolute atomic E-state index is 0.520. The Labute approximate surface area is 130 Å². The number of hydrogen-bond acceptors (Lipinski definition) is 4. The van der Waals surface area contributed by atoms with Gasteiger partial charge in [-0.15, -0.1) is 0 Å². The third kappa shape index (κ3) is 4.99. The molecule has 20 heavy (non-hydrogen) atoms. The Bertz CT molecular complexity index is 464. The Kier molecular flexibility index (Phi) is 5.51. The Hall–Kier alpha value is -0.726. The molecule has 0 aliphatic rings. The molecule has 0 fully saturated rings. The van der Waals surface area contributed by atoms with Gasteiger partial charge in [0.25, 0.3) is 0 Å². The molecule has 3 nitrogen and oxygen atoms in total. The van der Waals surface area contributed by atoms with Gasteiger partial charge in [0.2, 0.25) is 8.32 Å². The van der Waals surface area contributed by atoms with Gasteiger partial charge in [-0.25, -0.2) is 4.98 Å². The van der Waals surface area contributed by atoms with Crippen molar-refractivity contribution in [2.45, 2.75) is 46.2 Å². The number of aromatic nitrogens is 1. The quantitative estimate of drug-likeness (QED) is 0.596. The van der Waals surface area contributed by atoms with Gasteiger partial charge < -0.3 is 8.99 Å². The number of rotatable bonds is 5. The molecule has 0 saturated heterocycles. The molecule has 0 saturated carbocycles. The van der Waals surface area contributed by atoms with Crippen LogP contribution in [0.2, 0.25) is 39.3 Å². The third-order valence-corrected chi connectivity index (χ3v) is 6.24. The van der Waals surface area contributed by atoms with Gasteiger partial charge >= 0.3 is 0 Å². The van der Waals surface area contributed by atoms with E-state index < -0.39 is 16.6 Å². The summed E-state index contributed by atoms with van der Waals surface area (Å²) in [6.45, 7) is 16.6. The van der Waals surface area contributed by atoms with Gasteiger partial charge in [-0.05, 0) is 50.9 Å². The SMILES string of the molecule is CCN(c1ccc(C(=S)O[Si](C)(C)C)nc1)[Si](C)(C)C. The zero-order valence-corrected chi connectivity index (χ0v) is 16.5. The van der Waals surface area contributed by atoms with Gasteiger partial charge in [0.1, 0.15) is 13.9 Å². The van der Waals surface area contributed by atoms with Crippen molar-refractivity contribution >= 4 is 39.5 Å². The van der Waals surface area contributed by atoms with Crippen molar-refractivity contribution in [3.05, 3.63) is 24.0 Å². The maximum atomic E-state index is 5.82. The summed E-state index contributed by atoms with van der Waals surface area (Å²) in [7, 11) is -3.03. The topological polar surface area (TPSA) is 25.4 Å². The number of hydrogen-bond donors (Lipinski definition) is 0. The number of anilines is 1. The molecule has 0 bridgehead atoms. The minimum atomic E-state index is -1.66. The molecule has 0 N–H and O–H groups in total. The van der Waals surface area contributed by atoms with E-state index in [9.17, 15) is 0 Å². The van der Waals surface area contributed by atoms with Crippen LogP contribution in [0.15, 0.2) is 18.3 Å². The van der Waals surface area contributed by atoms with Crippen LogP contribution in [0.25, 0.3) is 0 Å². The van der Waals surface area contributed by atoms with Crippen LogP contribution in [0.1, 0.15) is 12.6 Å². The van der Waals surface area contributed by atoms with Crippen molar-refractivity contribution < 1.29 is 4.43 Å². The van der Waals surface area contributed by atoms with Crippen LogP contribution < -0.4 is 4.57 Å². The molecule has 0 amide bonds. The lowest BCUT2D eigenvalue weighted by Crippen LogP contribution is -2.46.